The van der Waals surface area contributed by atoms with Gasteiger partial charge in [0.1, 0.15) is 5.75 Å². The SMILES string of the molecule is C#CC(=O)Nc1cccc(Oc2ccccn2)c1. The first-order valence-corrected chi connectivity index (χ1v) is 5.24. The molecule has 18 heavy (non-hydrogen) atoms. The quantitative estimate of drug-likeness (QED) is 0.835. The summed E-state index contributed by atoms with van der Waals surface area (Å²) < 4.78 is 5.52. The molecule has 88 valence electrons. The van der Waals surface area contributed by atoms with Crippen LogP contribution in [0.15, 0.2) is 48.7 Å². The number of carbonyl (C=O) groups excluding carboxylic acids is 1. The van der Waals surface area contributed by atoms with E-state index in [1.807, 2.05) is 12.0 Å². The number of rotatable bonds is 3. The summed E-state index contributed by atoms with van der Waals surface area (Å²) in [6.45, 7) is 0. The zero-order valence-electron chi connectivity index (χ0n) is 9.46. The Labute approximate surface area is 105 Å². The number of ether oxygens (including phenoxy) is 1. The van der Waals surface area contributed by atoms with Gasteiger partial charge in [-0.2, -0.15) is 0 Å². The van der Waals surface area contributed by atoms with E-state index in [1.54, 1.807) is 42.6 Å². The van der Waals surface area contributed by atoms with Gasteiger partial charge >= 0.3 is 0 Å². The summed E-state index contributed by atoms with van der Waals surface area (Å²) in [6.07, 6.45) is 6.62. The molecule has 1 aromatic carbocycles. The summed E-state index contributed by atoms with van der Waals surface area (Å²) in [7, 11) is 0. The number of carbonyl (C=O) groups is 1. The van der Waals surface area contributed by atoms with Crippen molar-refractivity contribution >= 4 is 11.6 Å². The maximum absolute atomic E-state index is 11.1. The number of terminal acetylenes is 1. The smallest absolute Gasteiger partial charge is 0.300 e. The molecule has 0 atom stereocenters. The number of nitrogens with one attached hydrogen (secondary N) is 1. The Balaban J connectivity index is 2.13. The van der Waals surface area contributed by atoms with Crippen molar-refractivity contribution in [2.24, 2.45) is 0 Å². The summed E-state index contributed by atoms with van der Waals surface area (Å²) in [4.78, 5) is 15.1. The number of amides is 1. The predicted molar refractivity (Wildman–Crippen MR) is 68.2 cm³/mol. The highest BCUT2D eigenvalue weighted by Crippen LogP contribution is 2.22. The molecule has 0 bridgehead atoms. The van der Waals surface area contributed by atoms with E-state index in [1.165, 1.54) is 0 Å². The van der Waals surface area contributed by atoms with E-state index < -0.39 is 5.91 Å². The van der Waals surface area contributed by atoms with Crippen molar-refractivity contribution in [3.8, 4) is 24.0 Å². The first kappa shape index (κ1) is 11.7. The van der Waals surface area contributed by atoms with Gasteiger partial charge in [-0.1, -0.05) is 12.1 Å². The fourth-order valence-electron chi connectivity index (χ4n) is 1.33. The maximum Gasteiger partial charge on any atom is 0.300 e. The third kappa shape index (κ3) is 3.09. The topological polar surface area (TPSA) is 51.2 Å². The van der Waals surface area contributed by atoms with Crippen molar-refractivity contribution in [3.05, 3.63) is 48.7 Å². The highest BCUT2D eigenvalue weighted by molar-refractivity contribution is 6.03. The van der Waals surface area contributed by atoms with Crippen LogP contribution in [-0.2, 0) is 4.79 Å². The number of hydrogen-bond donors (Lipinski definition) is 1. The Morgan fingerprint density at radius 2 is 2.17 bits per heavy atom. The monoisotopic (exact) mass is 238 g/mol. The number of anilines is 1. The van der Waals surface area contributed by atoms with E-state index >= 15 is 0 Å². The van der Waals surface area contributed by atoms with Gasteiger partial charge < -0.3 is 10.1 Å². The molecule has 0 aliphatic rings. The van der Waals surface area contributed by atoms with Crippen LogP contribution in [0.4, 0.5) is 5.69 Å². The minimum Gasteiger partial charge on any atom is -0.439 e. The Morgan fingerprint density at radius 1 is 1.28 bits per heavy atom. The predicted octanol–water partition coefficient (Wildman–Crippen LogP) is 2.45. The molecule has 0 fully saturated rings. The van der Waals surface area contributed by atoms with Crippen LogP contribution in [0.3, 0.4) is 0 Å². The summed E-state index contributed by atoms with van der Waals surface area (Å²) >= 11 is 0. The molecule has 2 rings (SSSR count). The first-order chi connectivity index (χ1) is 8.78. The van der Waals surface area contributed by atoms with Crippen LogP contribution in [0, 0.1) is 12.3 Å². The van der Waals surface area contributed by atoms with Gasteiger partial charge in [0.15, 0.2) is 0 Å². The Kier molecular flexibility index (Phi) is 3.57. The molecule has 0 aliphatic carbocycles. The average Bonchev–Trinajstić information content (AvgIpc) is 2.40. The third-order valence-electron chi connectivity index (χ3n) is 2.08. The molecule has 0 saturated carbocycles. The fraction of sp³-hybridized carbons (Fsp3) is 0. The van der Waals surface area contributed by atoms with E-state index in [-0.39, 0.29) is 0 Å². The molecule has 1 N–H and O–H groups in total. The molecule has 0 saturated heterocycles. The number of aromatic nitrogens is 1. The summed E-state index contributed by atoms with van der Waals surface area (Å²) in [6, 6.07) is 12.3. The van der Waals surface area contributed by atoms with E-state index in [0.717, 1.165) is 0 Å². The molecular formula is C14H10N2O2. The summed E-state index contributed by atoms with van der Waals surface area (Å²) in [5, 5.41) is 2.54. The Bertz CT molecular complexity index is 588. The Hall–Kier alpha value is -2.80. The van der Waals surface area contributed by atoms with Gasteiger partial charge in [0.2, 0.25) is 5.88 Å². The van der Waals surface area contributed by atoms with Crippen LogP contribution in [0.25, 0.3) is 0 Å². The molecule has 0 aliphatic heterocycles. The van der Waals surface area contributed by atoms with Crippen molar-refractivity contribution in [2.45, 2.75) is 0 Å². The third-order valence-corrected chi connectivity index (χ3v) is 2.08. The fourth-order valence-corrected chi connectivity index (χ4v) is 1.33. The molecule has 1 heterocycles. The minimum absolute atomic E-state index is 0.484. The molecule has 4 nitrogen and oxygen atoms in total. The van der Waals surface area contributed by atoms with Gasteiger partial charge in [0, 0.05) is 24.0 Å². The van der Waals surface area contributed by atoms with Gasteiger partial charge in [0.25, 0.3) is 5.91 Å². The standard InChI is InChI=1S/C14H10N2O2/c1-2-13(17)16-11-6-5-7-12(10-11)18-14-8-3-4-9-15-14/h1,3-10H,(H,16,17). The van der Waals surface area contributed by atoms with Crippen molar-refractivity contribution in [1.82, 2.24) is 4.98 Å². The average molecular weight is 238 g/mol. The number of hydrogen-bond acceptors (Lipinski definition) is 3. The largest absolute Gasteiger partial charge is 0.439 e. The van der Waals surface area contributed by atoms with Crippen LogP contribution in [0.2, 0.25) is 0 Å². The summed E-state index contributed by atoms with van der Waals surface area (Å²) in [5.41, 5.74) is 0.575. The summed E-state index contributed by atoms with van der Waals surface area (Å²) in [5.74, 6) is 2.54. The molecule has 0 unspecified atom stereocenters. The molecule has 0 spiro atoms. The van der Waals surface area contributed by atoms with Gasteiger partial charge in [0.05, 0.1) is 0 Å². The molecule has 4 heteroatoms. The lowest BCUT2D eigenvalue weighted by atomic mass is 10.3. The second kappa shape index (κ2) is 5.51. The lowest BCUT2D eigenvalue weighted by Gasteiger charge is -2.06. The molecular weight excluding hydrogens is 228 g/mol. The zero-order chi connectivity index (χ0) is 12.8. The number of benzene rings is 1. The normalized spacial score (nSPS) is 9.28. The zero-order valence-corrected chi connectivity index (χ0v) is 9.46. The number of nitrogens with zero attached hydrogens (tertiary/aromatic N) is 1. The lowest BCUT2D eigenvalue weighted by Crippen LogP contribution is -2.07. The highest BCUT2D eigenvalue weighted by Gasteiger charge is 2.01. The van der Waals surface area contributed by atoms with Crippen molar-refractivity contribution in [1.29, 1.82) is 0 Å². The van der Waals surface area contributed by atoms with Crippen LogP contribution in [0.5, 0.6) is 11.6 Å². The van der Waals surface area contributed by atoms with E-state index in [9.17, 15) is 4.79 Å². The number of pyridine rings is 1. The van der Waals surface area contributed by atoms with E-state index in [2.05, 4.69) is 10.3 Å². The van der Waals surface area contributed by atoms with Gasteiger partial charge in [-0.15, -0.1) is 6.42 Å². The Morgan fingerprint density at radius 3 is 2.89 bits per heavy atom. The van der Waals surface area contributed by atoms with Gasteiger partial charge in [-0.05, 0) is 24.1 Å². The van der Waals surface area contributed by atoms with Crippen LogP contribution >= 0.6 is 0 Å². The molecule has 1 aromatic heterocycles. The lowest BCUT2D eigenvalue weighted by molar-refractivity contribution is -0.111. The van der Waals surface area contributed by atoms with E-state index in [4.69, 9.17) is 11.2 Å². The minimum atomic E-state index is -0.495. The first-order valence-electron chi connectivity index (χ1n) is 5.24. The van der Waals surface area contributed by atoms with E-state index in [0.29, 0.717) is 17.3 Å². The van der Waals surface area contributed by atoms with Gasteiger partial charge in [-0.3, -0.25) is 4.79 Å². The molecule has 2 aromatic rings. The highest BCUT2D eigenvalue weighted by atomic mass is 16.5. The van der Waals surface area contributed by atoms with Crippen LogP contribution in [-0.4, -0.2) is 10.9 Å². The molecule has 1 amide bonds. The molecule has 0 radical (unpaired) electrons. The van der Waals surface area contributed by atoms with Gasteiger partial charge in [-0.25, -0.2) is 4.98 Å². The van der Waals surface area contributed by atoms with Crippen molar-refractivity contribution in [2.75, 3.05) is 5.32 Å². The van der Waals surface area contributed by atoms with Crippen LogP contribution in [0.1, 0.15) is 0 Å². The second-order valence-electron chi connectivity index (χ2n) is 3.40. The van der Waals surface area contributed by atoms with Crippen LogP contribution < -0.4 is 10.1 Å². The van der Waals surface area contributed by atoms with Crippen molar-refractivity contribution in [3.63, 3.8) is 0 Å². The van der Waals surface area contributed by atoms with Crippen molar-refractivity contribution < 1.29 is 9.53 Å². The maximum atomic E-state index is 11.1. The second-order valence-corrected chi connectivity index (χ2v) is 3.40.